The molecule has 1 saturated heterocycles. The van der Waals surface area contributed by atoms with Crippen molar-refractivity contribution >= 4 is 5.69 Å². The average molecular weight is 422 g/mol. The van der Waals surface area contributed by atoms with Gasteiger partial charge in [-0.2, -0.15) is 0 Å². The zero-order valence-corrected chi connectivity index (χ0v) is 18.8. The number of rotatable bonds is 4. The van der Waals surface area contributed by atoms with E-state index >= 15 is 0 Å². The lowest BCUT2D eigenvalue weighted by molar-refractivity contribution is 0.192. The number of nitrogens with zero attached hydrogens (tertiary/aromatic N) is 3. The summed E-state index contributed by atoms with van der Waals surface area (Å²) in [5.41, 5.74) is 6.16. The van der Waals surface area contributed by atoms with E-state index in [1.54, 1.807) is 12.1 Å². The van der Waals surface area contributed by atoms with Gasteiger partial charge < -0.3 is 4.90 Å². The summed E-state index contributed by atoms with van der Waals surface area (Å²) < 4.78 is 13.5. The second-order valence-electron chi connectivity index (χ2n) is 9.81. The van der Waals surface area contributed by atoms with Crippen molar-refractivity contribution in [1.82, 2.24) is 9.88 Å². The van der Waals surface area contributed by atoms with Crippen molar-refractivity contribution in [2.45, 2.75) is 64.2 Å². The topological polar surface area (TPSA) is 19.4 Å². The Morgan fingerprint density at radius 1 is 0.839 bits per heavy atom. The van der Waals surface area contributed by atoms with Crippen molar-refractivity contribution < 1.29 is 4.39 Å². The lowest BCUT2D eigenvalue weighted by Crippen LogP contribution is -2.48. The summed E-state index contributed by atoms with van der Waals surface area (Å²) in [4.78, 5) is 10.4. The fourth-order valence-electron chi connectivity index (χ4n) is 5.82. The molecule has 0 N–H and O–H groups in total. The van der Waals surface area contributed by atoms with E-state index in [0.29, 0.717) is 0 Å². The van der Waals surface area contributed by atoms with Crippen LogP contribution in [-0.4, -0.2) is 42.6 Å². The molecule has 2 aliphatic carbocycles. The lowest BCUT2D eigenvalue weighted by atomic mass is 9.89. The van der Waals surface area contributed by atoms with Crippen LogP contribution in [0.1, 0.15) is 62.6 Å². The summed E-state index contributed by atoms with van der Waals surface area (Å²) in [6.07, 6.45) is 13.1. The fourth-order valence-corrected chi connectivity index (χ4v) is 5.82. The Morgan fingerprint density at radius 2 is 1.55 bits per heavy atom. The van der Waals surface area contributed by atoms with Crippen molar-refractivity contribution in [3.05, 3.63) is 47.4 Å². The van der Waals surface area contributed by atoms with E-state index < -0.39 is 0 Å². The van der Waals surface area contributed by atoms with Gasteiger partial charge in [-0.3, -0.25) is 9.88 Å². The van der Waals surface area contributed by atoms with E-state index in [9.17, 15) is 4.39 Å². The van der Waals surface area contributed by atoms with Crippen molar-refractivity contribution in [3.63, 3.8) is 0 Å². The first-order valence-electron chi connectivity index (χ1n) is 12.5. The van der Waals surface area contributed by atoms with Crippen LogP contribution >= 0.6 is 0 Å². The Labute approximate surface area is 186 Å². The molecule has 31 heavy (non-hydrogen) atoms. The molecule has 2 heterocycles. The van der Waals surface area contributed by atoms with Gasteiger partial charge in [0.2, 0.25) is 0 Å². The molecule has 1 aromatic heterocycles. The van der Waals surface area contributed by atoms with E-state index in [1.165, 1.54) is 87.9 Å². The number of pyridine rings is 1. The van der Waals surface area contributed by atoms with Gasteiger partial charge in [0.25, 0.3) is 0 Å². The number of benzene rings is 1. The summed E-state index contributed by atoms with van der Waals surface area (Å²) >= 11 is 0. The number of piperazine rings is 1. The predicted octanol–water partition coefficient (Wildman–Crippen LogP) is 5.86. The highest BCUT2D eigenvalue weighted by Gasteiger charge is 2.25. The standard InChI is InChI=1S/C27H36FN3/c28-23-13-11-22(12-14-23)26-19-27(24-9-5-2-6-10-25(24)29-26)31-17-15-30(16-18-31)20-21-7-3-1-4-8-21/h11-14,19,21H,1-10,15-18,20H2. The minimum atomic E-state index is -0.187. The number of hydrogen-bond donors (Lipinski definition) is 0. The van der Waals surface area contributed by atoms with Gasteiger partial charge in [0.05, 0.1) is 5.69 Å². The molecule has 2 fully saturated rings. The van der Waals surface area contributed by atoms with Gasteiger partial charge in [-0.15, -0.1) is 0 Å². The molecular formula is C27H36FN3. The maximum absolute atomic E-state index is 13.5. The van der Waals surface area contributed by atoms with Gasteiger partial charge >= 0.3 is 0 Å². The Bertz CT molecular complexity index is 865. The predicted molar refractivity (Wildman–Crippen MR) is 126 cm³/mol. The highest BCUT2D eigenvalue weighted by atomic mass is 19.1. The first-order chi connectivity index (χ1) is 15.3. The molecule has 0 spiro atoms. The molecule has 0 bridgehead atoms. The van der Waals surface area contributed by atoms with E-state index in [2.05, 4.69) is 15.9 Å². The third-order valence-electron chi connectivity index (χ3n) is 7.62. The molecule has 1 aliphatic heterocycles. The van der Waals surface area contributed by atoms with E-state index in [1.807, 2.05) is 12.1 Å². The van der Waals surface area contributed by atoms with E-state index in [-0.39, 0.29) is 5.82 Å². The van der Waals surface area contributed by atoms with Gasteiger partial charge in [-0.25, -0.2) is 4.39 Å². The maximum Gasteiger partial charge on any atom is 0.123 e. The van der Waals surface area contributed by atoms with E-state index in [4.69, 9.17) is 4.98 Å². The Morgan fingerprint density at radius 3 is 2.32 bits per heavy atom. The molecule has 5 rings (SSSR count). The van der Waals surface area contributed by atoms with Crippen molar-refractivity contribution in [2.24, 2.45) is 5.92 Å². The van der Waals surface area contributed by atoms with Crippen LogP contribution < -0.4 is 4.90 Å². The van der Waals surface area contributed by atoms with Crippen LogP contribution in [0.2, 0.25) is 0 Å². The second kappa shape index (κ2) is 9.68. The van der Waals surface area contributed by atoms with E-state index in [0.717, 1.165) is 43.1 Å². The van der Waals surface area contributed by atoms with Crippen LogP contribution in [-0.2, 0) is 12.8 Å². The molecule has 4 heteroatoms. The second-order valence-corrected chi connectivity index (χ2v) is 9.81. The molecule has 3 aliphatic rings. The molecule has 0 unspecified atom stereocenters. The van der Waals surface area contributed by atoms with Crippen LogP contribution in [0.25, 0.3) is 11.3 Å². The number of anilines is 1. The molecule has 2 aromatic rings. The third kappa shape index (κ3) is 4.95. The number of hydrogen-bond acceptors (Lipinski definition) is 3. The van der Waals surface area contributed by atoms with Crippen LogP contribution in [0, 0.1) is 11.7 Å². The van der Waals surface area contributed by atoms with Gasteiger partial charge in [0.1, 0.15) is 5.82 Å². The monoisotopic (exact) mass is 421 g/mol. The summed E-state index contributed by atoms with van der Waals surface area (Å²) in [5, 5.41) is 0. The first-order valence-corrected chi connectivity index (χ1v) is 12.5. The SMILES string of the molecule is Fc1ccc(-c2cc(N3CCN(CC4CCCCC4)CC3)c3c(n2)CCCCC3)cc1. The zero-order valence-electron chi connectivity index (χ0n) is 18.8. The molecule has 0 radical (unpaired) electrons. The first kappa shape index (κ1) is 20.9. The largest absolute Gasteiger partial charge is 0.369 e. The van der Waals surface area contributed by atoms with Crippen LogP contribution in [0.4, 0.5) is 10.1 Å². The summed E-state index contributed by atoms with van der Waals surface area (Å²) in [6.45, 7) is 5.83. The summed E-state index contributed by atoms with van der Waals surface area (Å²) in [5.74, 6) is 0.732. The normalized spacial score (nSPS) is 21.0. The highest BCUT2D eigenvalue weighted by molar-refractivity contribution is 5.68. The van der Waals surface area contributed by atoms with Gasteiger partial charge in [0, 0.05) is 49.7 Å². The minimum Gasteiger partial charge on any atom is -0.369 e. The lowest BCUT2D eigenvalue weighted by Gasteiger charge is -2.39. The highest BCUT2D eigenvalue weighted by Crippen LogP contribution is 2.34. The molecular weight excluding hydrogens is 385 g/mol. The molecule has 1 saturated carbocycles. The van der Waals surface area contributed by atoms with Gasteiger partial charge in [0.15, 0.2) is 0 Å². The van der Waals surface area contributed by atoms with Crippen LogP contribution in [0.5, 0.6) is 0 Å². The Hall–Kier alpha value is -1.94. The number of aromatic nitrogens is 1. The Kier molecular flexibility index (Phi) is 6.54. The molecule has 3 nitrogen and oxygen atoms in total. The number of aryl methyl sites for hydroxylation is 1. The smallest absolute Gasteiger partial charge is 0.123 e. The van der Waals surface area contributed by atoms with Crippen LogP contribution in [0.15, 0.2) is 30.3 Å². The van der Waals surface area contributed by atoms with Crippen LogP contribution in [0.3, 0.4) is 0 Å². The Balaban J connectivity index is 1.36. The van der Waals surface area contributed by atoms with Gasteiger partial charge in [-0.1, -0.05) is 25.7 Å². The quantitative estimate of drug-likeness (QED) is 0.577. The average Bonchev–Trinajstić information content (AvgIpc) is 3.06. The molecule has 1 aromatic carbocycles. The molecule has 0 atom stereocenters. The van der Waals surface area contributed by atoms with Crippen molar-refractivity contribution in [2.75, 3.05) is 37.6 Å². The summed E-state index contributed by atoms with van der Waals surface area (Å²) in [7, 11) is 0. The third-order valence-corrected chi connectivity index (χ3v) is 7.62. The minimum absolute atomic E-state index is 0.187. The van der Waals surface area contributed by atoms with Crippen molar-refractivity contribution in [3.8, 4) is 11.3 Å². The molecule has 166 valence electrons. The summed E-state index contributed by atoms with van der Waals surface area (Å²) in [6, 6.07) is 9.12. The number of halogens is 1. The molecule has 0 amide bonds. The number of fused-ring (bicyclic) bond motifs is 1. The van der Waals surface area contributed by atoms with Crippen molar-refractivity contribution in [1.29, 1.82) is 0 Å². The zero-order chi connectivity index (χ0) is 21.0. The maximum atomic E-state index is 13.5. The fraction of sp³-hybridized carbons (Fsp3) is 0.593. The van der Waals surface area contributed by atoms with Gasteiger partial charge in [-0.05, 0) is 80.3 Å².